The van der Waals surface area contributed by atoms with Gasteiger partial charge in [-0.3, -0.25) is 4.79 Å². The van der Waals surface area contributed by atoms with Crippen molar-refractivity contribution in [3.8, 4) is 0 Å². The number of aromatic nitrogens is 2. The molecule has 0 aliphatic rings. The van der Waals surface area contributed by atoms with Crippen LogP contribution >= 0.6 is 11.8 Å². The van der Waals surface area contributed by atoms with Gasteiger partial charge in [-0.05, 0) is 18.4 Å². The minimum absolute atomic E-state index is 0.127. The molecule has 16 heavy (non-hydrogen) atoms. The van der Waals surface area contributed by atoms with E-state index in [1.54, 1.807) is 11.8 Å². The Morgan fingerprint density at radius 1 is 1.75 bits per heavy atom. The van der Waals surface area contributed by atoms with Crippen LogP contribution in [-0.4, -0.2) is 40.6 Å². The van der Waals surface area contributed by atoms with Crippen LogP contribution in [0.2, 0.25) is 0 Å². The Morgan fingerprint density at radius 2 is 2.56 bits per heavy atom. The van der Waals surface area contributed by atoms with Crippen molar-refractivity contribution in [2.45, 2.75) is 18.9 Å². The number of rotatable bonds is 7. The van der Waals surface area contributed by atoms with E-state index in [2.05, 4.69) is 20.0 Å². The molecule has 0 radical (unpaired) electrons. The van der Waals surface area contributed by atoms with Crippen LogP contribution in [-0.2, 0) is 11.2 Å². The van der Waals surface area contributed by atoms with E-state index in [-0.39, 0.29) is 5.91 Å². The largest absolute Gasteiger partial charge is 0.354 e. The van der Waals surface area contributed by atoms with E-state index in [9.17, 15) is 4.79 Å². The van der Waals surface area contributed by atoms with Crippen molar-refractivity contribution in [1.82, 2.24) is 15.5 Å². The van der Waals surface area contributed by atoms with Gasteiger partial charge in [-0.25, -0.2) is 0 Å². The van der Waals surface area contributed by atoms with Gasteiger partial charge in [0.15, 0.2) is 5.82 Å². The predicted octanol–water partition coefficient (Wildman–Crippen LogP) is -0.191. The Kier molecular flexibility index (Phi) is 5.87. The monoisotopic (exact) mass is 244 g/mol. The summed E-state index contributed by atoms with van der Waals surface area (Å²) in [6, 6.07) is -0.433. The van der Waals surface area contributed by atoms with Crippen molar-refractivity contribution in [1.29, 1.82) is 0 Å². The van der Waals surface area contributed by atoms with Gasteiger partial charge in [0.25, 0.3) is 0 Å². The summed E-state index contributed by atoms with van der Waals surface area (Å²) < 4.78 is 4.57. The van der Waals surface area contributed by atoms with Crippen LogP contribution in [0.4, 0.5) is 0 Å². The highest BCUT2D eigenvalue weighted by Gasteiger charge is 2.12. The molecule has 1 aromatic heterocycles. The van der Waals surface area contributed by atoms with E-state index in [1.165, 1.54) is 6.39 Å². The number of hydrogen-bond acceptors (Lipinski definition) is 6. The number of amides is 1. The fraction of sp³-hybridized carbons (Fsp3) is 0.667. The first kappa shape index (κ1) is 13.0. The molecular formula is C9H16N4O2S. The normalized spacial score (nSPS) is 12.4. The van der Waals surface area contributed by atoms with Crippen LogP contribution in [0, 0.1) is 0 Å². The van der Waals surface area contributed by atoms with E-state index < -0.39 is 6.04 Å². The van der Waals surface area contributed by atoms with Crippen LogP contribution in [0.15, 0.2) is 10.9 Å². The summed E-state index contributed by atoms with van der Waals surface area (Å²) in [7, 11) is 0. The van der Waals surface area contributed by atoms with Gasteiger partial charge in [0.05, 0.1) is 6.04 Å². The molecule has 0 saturated carbocycles. The summed E-state index contributed by atoms with van der Waals surface area (Å²) in [6.45, 7) is 0.478. The lowest BCUT2D eigenvalue weighted by Gasteiger charge is -2.10. The lowest BCUT2D eigenvalue weighted by atomic mass is 10.2. The topological polar surface area (TPSA) is 94.0 Å². The molecule has 1 rings (SSSR count). The lowest BCUT2D eigenvalue weighted by molar-refractivity contribution is -0.122. The Hall–Kier alpha value is -1.08. The molecule has 90 valence electrons. The van der Waals surface area contributed by atoms with Crippen LogP contribution in [0.3, 0.4) is 0 Å². The highest BCUT2D eigenvalue weighted by Crippen LogP contribution is 1.98. The maximum absolute atomic E-state index is 11.5. The third-order valence-electron chi connectivity index (χ3n) is 2.02. The number of thioether (sulfide) groups is 1. The fourth-order valence-corrected chi connectivity index (χ4v) is 1.60. The summed E-state index contributed by atoms with van der Waals surface area (Å²) in [5.74, 6) is 1.34. The summed E-state index contributed by atoms with van der Waals surface area (Å²) >= 11 is 1.68. The molecule has 3 N–H and O–H groups in total. The first-order valence-electron chi connectivity index (χ1n) is 5.01. The zero-order valence-corrected chi connectivity index (χ0v) is 10.00. The van der Waals surface area contributed by atoms with Gasteiger partial charge in [0, 0.05) is 13.0 Å². The van der Waals surface area contributed by atoms with Crippen molar-refractivity contribution < 1.29 is 9.32 Å². The quantitative estimate of drug-likeness (QED) is 0.690. The molecular weight excluding hydrogens is 228 g/mol. The van der Waals surface area contributed by atoms with E-state index >= 15 is 0 Å². The number of carbonyl (C=O) groups is 1. The summed E-state index contributed by atoms with van der Waals surface area (Å²) in [5.41, 5.74) is 5.69. The Bertz CT molecular complexity index is 304. The average molecular weight is 244 g/mol. The first-order valence-corrected chi connectivity index (χ1v) is 6.41. The van der Waals surface area contributed by atoms with Gasteiger partial charge in [0.2, 0.25) is 12.3 Å². The van der Waals surface area contributed by atoms with Gasteiger partial charge >= 0.3 is 0 Å². The molecule has 1 heterocycles. The predicted molar refractivity (Wildman–Crippen MR) is 62.0 cm³/mol. The minimum Gasteiger partial charge on any atom is -0.354 e. The second kappa shape index (κ2) is 7.24. The summed E-state index contributed by atoms with van der Waals surface area (Å²) in [4.78, 5) is 15.3. The van der Waals surface area contributed by atoms with E-state index in [1.807, 2.05) is 6.26 Å². The third-order valence-corrected chi connectivity index (χ3v) is 2.67. The van der Waals surface area contributed by atoms with Gasteiger partial charge in [0.1, 0.15) is 0 Å². The minimum atomic E-state index is -0.433. The standard InChI is InChI=1S/C9H16N4O2S/c1-16-5-3-7(10)9(14)11-4-2-8-12-6-15-13-8/h6-7H,2-5,10H2,1H3,(H,11,14)/t7-/m0/s1. The van der Waals surface area contributed by atoms with Crippen molar-refractivity contribution in [3.63, 3.8) is 0 Å². The van der Waals surface area contributed by atoms with Crippen LogP contribution in [0.1, 0.15) is 12.2 Å². The summed E-state index contributed by atoms with van der Waals surface area (Å²) in [5, 5.41) is 6.37. The number of carbonyl (C=O) groups excluding carboxylic acids is 1. The second-order valence-corrected chi connectivity index (χ2v) is 4.26. The average Bonchev–Trinajstić information content (AvgIpc) is 2.78. The Labute approximate surface area is 98.3 Å². The number of nitrogens with one attached hydrogen (secondary N) is 1. The molecule has 0 aliphatic heterocycles. The van der Waals surface area contributed by atoms with E-state index in [0.717, 1.165) is 5.75 Å². The number of hydrogen-bond donors (Lipinski definition) is 2. The maximum atomic E-state index is 11.5. The molecule has 1 aromatic rings. The maximum Gasteiger partial charge on any atom is 0.236 e. The SMILES string of the molecule is CSCC[C@H](N)C(=O)NCCc1ncon1. The van der Waals surface area contributed by atoms with Crippen LogP contribution in [0.5, 0.6) is 0 Å². The van der Waals surface area contributed by atoms with Gasteiger partial charge in [-0.2, -0.15) is 16.7 Å². The molecule has 0 spiro atoms. The van der Waals surface area contributed by atoms with Crippen molar-refractivity contribution in [2.75, 3.05) is 18.6 Å². The Morgan fingerprint density at radius 3 is 3.19 bits per heavy atom. The molecule has 1 atom stereocenters. The fourth-order valence-electron chi connectivity index (χ4n) is 1.11. The third kappa shape index (κ3) is 4.63. The van der Waals surface area contributed by atoms with Gasteiger partial charge < -0.3 is 15.6 Å². The van der Waals surface area contributed by atoms with Gasteiger partial charge in [-0.15, -0.1) is 0 Å². The molecule has 0 unspecified atom stereocenters. The zero-order chi connectivity index (χ0) is 11.8. The van der Waals surface area contributed by atoms with E-state index in [4.69, 9.17) is 5.73 Å². The Balaban J connectivity index is 2.14. The van der Waals surface area contributed by atoms with Crippen molar-refractivity contribution in [2.24, 2.45) is 5.73 Å². The highest BCUT2D eigenvalue weighted by molar-refractivity contribution is 7.98. The first-order chi connectivity index (χ1) is 7.74. The van der Waals surface area contributed by atoms with Crippen LogP contribution < -0.4 is 11.1 Å². The molecule has 0 aromatic carbocycles. The van der Waals surface area contributed by atoms with Crippen molar-refractivity contribution in [3.05, 3.63) is 12.2 Å². The molecule has 1 amide bonds. The van der Waals surface area contributed by atoms with Crippen LogP contribution in [0.25, 0.3) is 0 Å². The molecule has 0 saturated heterocycles. The second-order valence-electron chi connectivity index (χ2n) is 3.28. The van der Waals surface area contributed by atoms with Crippen molar-refractivity contribution >= 4 is 17.7 Å². The molecule has 6 nitrogen and oxygen atoms in total. The smallest absolute Gasteiger partial charge is 0.236 e. The van der Waals surface area contributed by atoms with Gasteiger partial charge in [-0.1, -0.05) is 5.16 Å². The molecule has 0 aliphatic carbocycles. The number of nitrogens with two attached hydrogens (primary N) is 1. The summed E-state index contributed by atoms with van der Waals surface area (Å²) in [6.07, 6.45) is 4.49. The lowest BCUT2D eigenvalue weighted by Crippen LogP contribution is -2.41. The molecule has 7 heteroatoms. The molecule has 0 bridgehead atoms. The van der Waals surface area contributed by atoms with E-state index in [0.29, 0.717) is 25.2 Å². The highest BCUT2D eigenvalue weighted by atomic mass is 32.2. The number of nitrogens with zero attached hydrogens (tertiary/aromatic N) is 2. The molecule has 0 fully saturated rings. The zero-order valence-electron chi connectivity index (χ0n) is 9.18.